The number of carbonyl (C=O) groups excluding carboxylic acids is 1. The second kappa shape index (κ2) is 7.53. The van der Waals surface area contributed by atoms with Crippen molar-refractivity contribution in [3.05, 3.63) is 64.1 Å². The van der Waals surface area contributed by atoms with Crippen molar-refractivity contribution in [1.29, 1.82) is 0 Å². The quantitative estimate of drug-likeness (QED) is 0.902. The molecule has 3 rings (SSSR count). The van der Waals surface area contributed by atoms with Gasteiger partial charge in [0.1, 0.15) is 5.69 Å². The SMILES string of the molecule is Cc1ccn(C)c(=O)c1NC(=O)NC1CCOC(c2ccccc2)C1. The van der Waals surface area contributed by atoms with E-state index in [0.717, 1.165) is 17.5 Å². The summed E-state index contributed by atoms with van der Waals surface area (Å²) in [6, 6.07) is 11.5. The zero-order valence-corrected chi connectivity index (χ0v) is 14.5. The average Bonchev–Trinajstić information content (AvgIpc) is 2.63. The Balaban J connectivity index is 1.63. The molecule has 2 N–H and O–H groups in total. The number of hydrogen-bond donors (Lipinski definition) is 2. The first-order valence-electron chi connectivity index (χ1n) is 8.45. The van der Waals surface area contributed by atoms with Crippen molar-refractivity contribution >= 4 is 11.7 Å². The number of benzene rings is 1. The summed E-state index contributed by atoms with van der Waals surface area (Å²) in [5, 5.41) is 5.66. The maximum Gasteiger partial charge on any atom is 0.319 e. The van der Waals surface area contributed by atoms with Gasteiger partial charge in [-0.05, 0) is 37.0 Å². The van der Waals surface area contributed by atoms with Crippen LogP contribution in [0.25, 0.3) is 0 Å². The van der Waals surface area contributed by atoms with Gasteiger partial charge in [0.15, 0.2) is 0 Å². The summed E-state index contributed by atoms with van der Waals surface area (Å²) in [6.07, 6.45) is 3.13. The van der Waals surface area contributed by atoms with E-state index >= 15 is 0 Å². The zero-order chi connectivity index (χ0) is 17.8. The topological polar surface area (TPSA) is 72.4 Å². The van der Waals surface area contributed by atoms with Crippen molar-refractivity contribution in [2.45, 2.75) is 31.9 Å². The molecule has 1 aliphatic heterocycles. The molecule has 0 radical (unpaired) electrons. The van der Waals surface area contributed by atoms with Crippen LogP contribution in [0.4, 0.5) is 10.5 Å². The minimum Gasteiger partial charge on any atom is -0.373 e. The molecule has 0 bridgehead atoms. The highest BCUT2D eigenvalue weighted by atomic mass is 16.5. The first-order valence-corrected chi connectivity index (χ1v) is 8.45. The molecule has 1 aliphatic rings. The molecular weight excluding hydrogens is 318 g/mol. The Labute approximate surface area is 146 Å². The van der Waals surface area contributed by atoms with Crippen LogP contribution in [0.1, 0.15) is 30.1 Å². The highest BCUT2D eigenvalue weighted by molar-refractivity contribution is 5.90. The standard InChI is InChI=1S/C19H23N3O3/c1-13-8-10-22(2)18(23)17(13)21-19(24)20-15-9-11-25-16(12-15)14-6-4-3-5-7-14/h3-8,10,15-16H,9,11-12H2,1-2H3,(H2,20,21,24). The molecule has 25 heavy (non-hydrogen) atoms. The van der Waals surface area contributed by atoms with Crippen molar-refractivity contribution in [2.75, 3.05) is 11.9 Å². The molecule has 2 heterocycles. The van der Waals surface area contributed by atoms with Crippen molar-refractivity contribution in [3.63, 3.8) is 0 Å². The van der Waals surface area contributed by atoms with Crippen LogP contribution < -0.4 is 16.2 Å². The van der Waals surface area contributed by atoms with Crippen LogP contribution in [0.15, 0.2) is 47.4 Å². The van der Waals surface area contributed by atoms with E-state index < -0.39 is 0 Å². The maximum absolute atomic E-state index is 12.3. The fourth-order valence-electron chi connectivity index (χ4n) is 3.03. The molecule has 1 fully saturated rings. The Kier molecular flexibility index (Phi) is 5.19. The monoisotopic (exact) mass is 341 g/mol. The second-order valence-corrected chi connectivity index (χ2v) is 6.38. The maximum atomic E-state index is 12.3. The highest BCUT2D eigenvalue weighted by Crippen LogP contribution is 2.27. The number of nitrogens with zero attached hydrogens (tertiary/aromatic N) is 1. The lowest BCUT2D eigenvalue weighted by Crippen LogP contribution is -2.43. The number of carbonyl (C=O) groups is 1. The Morgan fingerprint density at radius 3 is 2.76 bits per heavy atom. The number of pyridine rings is 1. The predicted octanol–water partition coefficient (Wildman–Crippen LogP) is 2.74. The molecule has 0 spiro atoms. The van der Waals surface area contributed by atoms with Gasteiger partial charge in [-0.15, -0.1) is 0 Å². The lowest BCUT2D eigenvalue weighted by Gasteiger charge is -2.30. The zero-order valence-electron chi connectivity index (χ0n) is 14.5. The average molecular weight is 341 g/mol. The molecule has 0 saturated carbocycles. The molecule has 6 heteroatoms. The van der Waals surface area contributed by atoms with E-state index in [1.54, 1.807) is 26.2 Å². The number of amides is 2. The molecule has 0 aliphatic carbocycles. The Morgan fingerprint density at radius 1 is 1.24 bits per heavy atom. The number of hydrogen-bond acceptors (Lipinski definition) is 3. The summed E-state index contributed by atoms with van der Waals surface area (Å²) >= 11 is 0. The van der Waals surface area contributed by atoms with Gasteiger partial charge in [-0.1, -0.05) is 30.3 Å². The van der Waals surface area contributed by atoms with E-state index in [1.807, 2.05) is 30.3 Å². The largest absolute Gasteiger partial charge is 0.373 e. The number of ether oxygens (including phenoxy) is 1. The van der Waals surface area contributed by atoms with Gasteiger partial charge in [-0.3, -0.25) is 4.79 Å². The fourth-order valence-corrected chi connectivity index (χ4v) is 3.03. The van der Waals surface area contributed by atoms with Crippen LogP contribution in [0.2, 0.25) is 0 Å². The van der Waals surface area contributed by atoms with E-state index in [9.17, 15) is 9.59 Å². The summed E-state index contributed by atoms with van der Waals surface area (Å²) in [5.74, 6) is 0. The Hall–Kier alpha value is -2.60. The lowest BCUT2D eigenvalue weighted by atomic mass is 9.97. The van der Waals surface area contributed by atoms with E-state index in [-0.39, 0.29) is 23.7 Å². The lowest BCUT2D eigenvalue weighted by molar-refractivity contribution is 0.00253. The molecule has 1 saturated heterocycles. The number of aromatic nitrogens is 1. The van der Waals surface area contributed by atoms with Gasteiger partial charge in [0, 0.05) is 25.9 Å². The fraction of sp³-hybridized carbons (Fsp3) is 0.368. The van der Waals surface area contributed by atoms with Crippen LogP contribution >= 0.6 is 0 Å². The van der Waals surface area contributed by atoms with Crippen molar-refractivity contribution in [3.8, 4) is 0 Å². The molecule has 2 amide bonds. The number of anilines is 1. The molecular formula is C19H23N3O3. The summed E-state index contributed by atoms with van der Waals surface area (Å²) in [7, 11) is 1.66. The van der Waals surface area contributed by atoms with Gasteiger partial charge in [0.25, 0.3) is 5.56 Å². The number of aryl methyl sites for hydroxylation is 2. The van der Waals surface area contributed by atoms with Gasteiger partial charge in [-0.25, -0.2) is 4.79 Å². The van der Waals surface area contributed by atoms with E-state index in [0.29, 0.717) is 18.7 Å². The summed E-state index contributed by atoms with van der Waals surface area (Å²) in [5.41, 5.74) is 1.95. The van der Waals surface area contributed by atoms with Crippen LogP contribution in [0.5, 0.6) is 0 Å². The molecule has 2 aromatic rings. The summed E-state index contributed by atoms with van der Waals surface area (Å²) in [6.45, 7) is 2.40. The van der Waals surface area contributed by atoms with E-state index in [4.69, 9.17) is 4.74 Å². The van der Waals surface area contributed by atoms with Crippen LogP contribution in [0.3, 0.4) is 0 Å². The smallest absolute Gasteiger partial charge is 0.319 e. The molecule has 1 aromatic heterocycles. The molecule has 2 unspecified atom stereocenters. The molecule has 132 valence electrons. The third-order valence-corrected chi connectivity index (χ3v) is 4.51. The van der Waals surface area contributed by atoms with Gasteiger partial charge < -0.3 is 19.9 Å². The number of urea groups is 1. The highest BCUT2D eigenvalue weighted by Gasteiger charge is 2.25. The van der Waals surface area contributed by atoms with Crippen LogP contribution in [-0.2, 0) is 11.8 Å². The predicted molar refractivity (Wildman–Crippen MR) is 96.7 cm³/mol. The Bertz CT molecular complexity index is 801. The minimum absolute atomic E-state index is 0.00632. The van der Waals surface area contributed by atoms with E-state index in [2.05, 4.69) is 10.6 Å². The summed E-state index contributed by atoms with van der Waals surface area (Å²) in [4.78, 5) is 24.5. The molecule has 2 atom stereocenters. The van der Waals surface area contributed by atoms with Gasteiger partial charge in [0.2, 0.25) is 0 Å². The van der Waals surface area contributed by atoms with E-state index in [1.165, 1.54) is 4.57 Å². The normalized spacial score (nSPS) is 20.1. The third kappa shape index (κ3) is 4.09. The first kappa shape index (κ1) is 17.2. The van der Waals surface area contributed by atoms with Gasteiger partial charge >= 0.3 is 6.03 Å². The van der Waals surface area contributed by atoms with Crippen molar-refractivity contribution in [1.82, 2.24) is 9.88 Å². The van der Waals surface area contributed by atoms with Crippen LogP contribution in [-0.4, -0.2) is 23.2 Å². The molecule has 1 aromatic carbocycles. The number of rotatable bonds is 3. The van der Waals surface area contributed by atoms with Gasteiger partial charge in [0.05, 0.1) is 6.10 Å². The summed E-state index contributed by atoms with van der Waals surface area (Å²) < 4.78 is 7.27. The number of nitrogens with one attached hydrogen (secondary N) is 2. The Morgan fingerprint density at radius 2 is 2.00 bits per heavy atom. The van der Waals surface area contributed by atoms with Crippen molar-refractivity contribution < 1.29 is 9.53 Å². The minimum atomic E-state index is -0.356. The van der Waals surface area contributed by atoms with Gasteiger partial charge in [-0.2, -0.15) is 0 Å². The third-order valence-electron chi connectivity index (χ3n) is 4.51. The first-order chi connectivity index (χ1) is 12.0. The van der Waals surface area contributed by atoms with Crippen molar-refractivity contribution in [2.24, 2.45) is 7.05 Å². The second-order valence-electron chi connectivity index (χ2n) is 6.38. The molecule has 6 nitrogen and oxygen atoms in total. The van der Waals surface area contributed by atoms with Crippen LogP contribution in [0, 0.1) is 6.92 Å².